The van der Waals surface area contributed by atoms with Crippen molar-refractivity contribution in [2.24, 2.45) is 0 Å². The molecule has 8 nitrogen and oxygen atoms in total. The topological polar surface area (TPSA) is 88.2 Å². The summed E-state index contributed by atoms with van der Waals surface area (Å²) in [5.41, 5.74) is 2.85. The molecule has 0 radical (unpaired) electrons. The van der Waals surface area contributed by atoms with Crippen molar-refractivity contribution in [3.8, 4) is 5.75 Å². The van der Waals surface area contributed by atoms with Crippen molar-refractivity contribution in [1.29, 1.82) is 0 Å². The molecule has 0 atom stereocenters. The minimum Gasteiger partial charge on any atom is -0.488 e. The van der Waals surface area contributed by atoms with Crippen LogP contribution in [0.1, 0.15) is 11.1 Å². The van der Waals surface area contributed by atoms with Crippen molar-refractivity contribution >= 4 is 69.5 Å². The van der Waals surface area contributed by atoms with Crippen LogP contribution in [0.15, 0.2) is 71.6 Å². The van der Waals surface area contributed by atoms with Crippen molar-refractivity contribution in [2.75, 3.05) is 43.1 Å². The van der Waals surface area contributed by atoms with Crippen molar-refractivity contribution in [1.82, 2.24) is 4.90 Å². The molecule has 0 aliphatic carbocycles. The van der Waals surface area contributed by atoms with Gasteiger partial charge in [0, 0.05) is 34.3 Å². The largest absolute Gasteiger partial charge is 0.488 e. The molecular weight excluding hydrogens is 573 g/mol. The Labute approximate surface area is 245 Å². The van der Waals surface area contributed by atoms with E-state index in [1.807, 2.05) is 18.2 Å². The number of amides is 3. The Hall–Kier alpha value is -3.50. The molecular formula is C29H25Cl2N3O5S. The lowest BCUT2D eigenvalue weighted by molar-refractivity contribution is -0.127. The molecule has 3 aromatic carbocycles. The zero-order valence-corrected chi connectivity index (χ0v) is 23.6. The van der Waals surface area contributed by atoms with Gasteiger partial charge in [-0.1, -0.05) is 59.6 Å². The Morgan fingerprint density at radius 3 is 2.58 bits per heavy atom. The molecule has 40 heavy (non-hydrogen) atoms. The van der Waals surface area contributed by atoms with Gasteiger partial charge >= 0.3 is 0 Å². The van der Waals surface area contributed by atoms with Crippen LogP contribution >= 0.6 is 35.0 Å². The van der Waals surface area contributed by atoms with Crippen LogP contribution in [0.2, 0.25) is 10.0 Å². The van der Waals surface area contributed by atoms with E-state index in [4.69, 9.17) is 32.7 Å². The van der Waals surface area contributed by atoms with E-state index in [2.05, 4.69) is 10.2 Å². The first-order valence-corrected chi connectivity index (χ1v) is 14.1. The maximum atomic E-state index is 13.1. The number of hydrogen-bond donors (Lipinski definition) is 1. The van der Waals surface area contributed by atoms with Crippen LogP contribution < -0.4 is 15.0 Å². The molecule has 0 spiro atoms. The number of carbonyl (C=O) groups excluding carboxylic acids is 3. The van der Waals surface area contributed by atoms with E-state index in [1.165, 1.54) is 0 Å². The smallest absolute Gasteiger partial charge is 0.294 e. The van der Waals surface area contributed by atoms with E-state index in [-0.39, 0.29) is 11.5 Å². The van der Waals surface area contributed by atoms with Crippen LogP contribution in [-0.2, 0) is 20.9 Å². The Balaban J connectivity index is 1.26. The summed E-state index contributed by atoms with van der Waals surface area (Å²) in [4.78, 5) is 42.0. The number of ether oxygens (including phenoxy) is 2. The number of thioether (sulfide) groups is 1. The van der Waals surface area contributed by atoms with Gasteiger partial charge in [-0.05, 0) is 48.2 Å². The summed E-state index contributed by atoms with van der Waals surface area (Å²) in [6, 6.07) is 19.7. The molecule has 2 saturated heterocycles. The third-order valence-corrected chi connectivity index (χ3v) is 7.80. The van der Waals surface area contributed by atoms with Crippen molar-refractivity contribution in [2.45, 2.75) is 6.61 Å². The lowest BCUT2D eigenvalue weighted by Gasteiger charge is -2.30. The second kappa shape index (κ2) is 12.8. The fourth-order valence-electron chi connectivity index (χ4n) is 4.30. The first-order chi connectivity index (χ1) is 19.4. The number of benzene rings is 3. The van der Waals surface area contributed by atoms with Gasteiger partial charge in [0.05, 0.1) is 29.5 Å². The molecule has 206 valence electrons. The predicted octanol–water partition coefficient (Wildman–Crippen LogP) is 6.08. The van der Waals surface area contributed by atoms with E-state index in [0.29, 0.717) is 53.3 Å². The highest BCUT2D eigenvalue weighted by Crippen LogP contribution is 2.34. The van der Waals surface area contributed by atoms with Gasteiger partial charge in [0.2, 0.25) is 5.91 Å². The van der Waals surface area contributed by atoms with Gasteiger partial charge < -0.3 is 19.7 Å². The highest BCUT2D eigenvalue weighted by atomic mass is 35.5. The zero-order chi connectivity index (χ0) is 28.1. The Bertz CT molecular complexity index is 1480. The van der Waals surface area contributed by atoms with Crippen LogP contribution in [0.25, 0.3) is 6.08 Å². The molecule has 0 unspecified atom stereocenters. The van der Waals surface area contributed by atoms with Gasteiger partial charge in [-0.3, -0.25) is 19.3 Å². The Morgan fingerprint density at radius 2 is 1.77 bits per heavy atom. The van der Waals surface area contributed by atoms with Gasteiger partial charge in [-0.15, -0.1) is 0 Å². The number of halogens is 2. The molecule has 2 heterocycles. The summed E-state index contributed by atoms with van der Waals surface area (Å²) >= 11 is 13.0. The van der Waals surface area contributed by atoms with Crippen LogP contribution in [0.3, 0.4) is 0 Å². The monoisotopic (exact) mass is 597 g/mol. The Kier molecular flexibility index (Phi) is 8.96. The fraction of sp³-hybridized carbons (Fsp3) is 0.207. The quantitative estimate of drug-likeness (QED) is 0.315. The highest BCUT2D eigenvalue weighted by Gasteiger charge is 2.36. The molecule has 5 rings (SSSR count). The standard InChI is InChI=1S/C29H25Cl2N3O5S/c30-21-10-9-20(22(31)16-21)18-39-25-8-4-1-5-19(25)15-26-28(36)34(29(37)40-26)17-27(35)32-23-6-2-3-7-24(23)33-11-13-38-14-12-33/h1-10,15-16H,11-14,17-18H2,(H,32,35)/b26-15+. The van der Waals surface area contributed by atoms with Crippen LogP contribution in [0.4, 0.5) is 16.2 Å². The van der Waals surface area contributed by atoms with E-state index in [0.717, 1.165) is 27.9 Å². The minimum atomic E-state index is -0.540. The van der Waals surface area contributed by atoms with Gasteiger partial charge in [-0.25, -0.2) is 0 Å². The number of nitrogens with one attached hydrogen (secondary N) is 1. The highest BCUT2D eigenvalue weighted by molar-refractivity contribution is 8.18. The first-order valence-electron chi connectivity index (χ1n) is 12.5. The lowest BCUT2D eigenvalue weighted by Crippen LogP contribution is -2.38. The average molecular weight is 599 g/mol. The van der Waals surface area contributed by atoms with E-state index >= 15 is 0 Å². The summed E-state index contributed by atoms with van der Waals surface area (Å²) < 4.78 is 11.4. The van der Waals surface area contributed by atoms with Crippen LogP contribution in [0, 0.1) is 0 Å². The number of para-hydroxylation sites is 3. The molecule has 3 amide bonds. The summed E-state index contributed by atoms with van der Waals surface area (Å²) in [5.74, 6) is -0.493. The van der Waals surface area contributed by atoms with Crippen LogP contribution in [0.5, 0.6) is 5.75 Å². The van der Waals surface area contributed by atoms with Gasteiger partial charge in [0.1, 0.15) is 18.9 Å². The summed E-state index contributed by atoms with van der Waals surface area (Å²) in [6.07, 6.45) is 1.59. The van der Waals surface area contributed by atoms with Gasteiger partial charge in [0.25, 0.3) is 11.1 Å². The summed E-state index contributed by atoms with van der Waals surface area (Å²) in [5, 5.41) is 3.35. The number of hydrogen-bond acceptors (Lipinski definition) is 7. The van der Waals surface area contributed by atoms with Crippen LogP contribution in [-0.4, -0.2) is 54.8 Å². The van der Waals surface area contributed by atoms with E-state index in [9.17, 15) is 14.4 Å². The van der Waals surface area contributed by atoms with Crippen molar-refractivity contribution < 1.29 is 23.9 Å². The summed E-state index contributed by atoms with van der Waals surface area (Å²) in [7, 11) is 0. The number of carbonyl (C=O) groups is 3. The van der Waals surface area contributed by atoms with Gasteiger partial charge in [-0.2, -0.15) is 0 Å². The molecule has 1 N–H and O–H groups in total. The molecule has 0 aromatic heterocycles. The van der Waals surface area contributed by atoms with E-state index < -0.39 is 23.6 Å². The number of imide groups is 1. The van der Waals surface area contributed by atoms with Crippen molar-refractivity contribution in [3.63, 3.8) is 0 Å². The molecule has 0 bridgehead atoms. The molecule has 2 fully saturated rings. The summed E-state index contributed by atoms with van der Waals surface area (Å²) in [6.45, 7) is 2.42. The third-order valence-electron chi connectivity index (χ3n) is 6.31. The predicted molar refractivity (Wildman–Crippen MR) is 158 cm³/mol. The Morgan fingerprint density at radius 1 is 1.02 bits per heavy atom. The molecule has 0 saturated carbocycles. The number of rotatable bonds is 8. The molecule has 2 aliphatic heterocycles. The normalized spacial score (nSPS) is 16.5. The minimum absolute atomic E-state index is 0.189. The fourth-order valence-corrected chi connectivity index (χ4v) is 5.59. The number of nitrogens with zero attached hydrogens (tertiary/aromatic N) is 2. The average Bonchev–Trinajstić information content (AvgIpc) is 3.21. The first kappa shape index (κ1) is 28.0. The second-order valence-corrected chi connectivity index (χ2v) is 10.8. The number of morpholine rings is 1. The van der Waals surface area contributed by atoms with Gasteiger partial charge in [0.15, 0.2) is 0 Å². The maximum Gasteiger partial charge on any atom is 0.294 e. The maximum absolute atomic E-state index is 13.1. The van der Waals surface area contributed by atoms with Crippen molar-refractivity contribution in [3.05, 3.63) is 92.8 Å². The SMILES string of the molecule is O=C(CN1C(=O)S/C(=C/c2ccccc2OCc2ccc(Cl)cc2Cl)C1=O)Nc1ccccc1N1CCOCC1. The third kappa shape index (κ3) is 6.62. The molecule has 11 heteroatoms. The van der Waals surface area contributed by atoms with E-state index in [1.54, 1.807) is 54.6 Å². The zero-order valence-electron chi connectivity index (χ0n) is 21.3. The molecule has 3 aromatic rings. The second-order valence-electron chi connectivity index (χ2n) is 8.99. The number of anilines is 2. The lowest BCUT2D eigenvalue weighted by atomic mass is 10.1. The molecule has 2 aliphatic rings.